The van der Waals surface area contributed by atoms with E-state index < -0.39 is 10.0 Å². The quantitative estimate of drug-likeness (QED) is 0.705. The Morgan fingerprint density at radius 1 is 1.08 bits per heavy atom. The molecule has 0 saturated carbocycles. The van der Waals surface area contributed by atoms with E-state index in [1.54, 1.807) is 36.4 Å². The summed E-state index contributed by atoms with van der Waals surface area (Å²) in [6, 6.07) is 12.8. The molecule has 2 aromatic carbocycles. The molecule has 0 bridgehead atoms. The monoisotopic (exact) mass is 372 g/mol. The second-order valence-corrected chi connectivity index (χ2v) is 8.28. The van der Waals surface area contributed by atoms with Crippen molar-refractivity contribution < 1.29 is 17.3 Å². The first-order valence-corrected chi connectivity index (χ1v) is 9.69. The maximum atomic E-state index is 13.1. The van der Waals surface area contributed by atoms with Crippen LogP contribution in [0.25, 0.3) is 11.3 Å². The highest BCUT2D eigenvalue weighted by Gasteiger charge is 2.32. The Balaban J connectivity index is 1.63. The predicted octanol–water partition coefficient (Wildman–Crippen LogP) is 3.54. The number of aryl methyl sites for hydroxylation is 1. The van der Waals surface area contributed by atoms with E-state index in [9.17, 15) is 12.8 Å². The summed E-state index contributed by atoms with van der Waals surface area (Å²) in [4.78, 5) is 0.272. The summed E-state index contributed by atoms with van der Waals surface area (Å²) >= 11 is 0. The van der Waals surface area contributed by atoms with Gasteiger partial charge in [-0.05, 0) is 49.7 Å². The van der Waals surface area contributed by atoms with Crippen LogP contribution in [0.5, 0.6) is 0 Å². The van der Waals surface area contributed by atoms with Gasteiger partial charge in [-0.15, -0.1) is 0 Å². The standard InChI is InChI=1S/C19H17FN2O3S/c1-13-2-8-16(9-3-13)26(23,24)22-11-10-17-18(12-22)21-25-19(17)14-4-6-15(20)7-5-14/h2-9H,10-12H2,1H3. The van der Waals surface area contributed by atoms with Crippen molar-refractivity contribution in [2.75, 3.05) is 6.54 Å². The molecule has 1 aliphatic rings. The zero-order valence-corrected chi connectivity index (χ0v) is 15.0. The number of hydrogen-bond acceptors (Lipinski definition) is 4. The third-order valence-corrected chi connectivity index (χ3v) is 6.43. The number of sulfonamides is 1. The van der Waals surface area contributed by atoms with E-state index >= 15 is 0 Å². The molecule has 0 radical (unpaired) electrons. The number of fused-ring (bicyclic) bond motifs is 1. The molecule has 0 N–H and O–H groups in total. The van der Waals surface area contributed by atoms with Gasteiger partial charge in [0.15, 0.2) is 5.76 Å². The van der Waals surface area contributed by atoms with Gasteiger partial charge in [0.05, 0.1) is 11.4 Å². The fourth-order valence-electron chi connectivity index (χ4n) is 3.10. The molecular formula is C19H17FN2O3S. The number of halogens is 1. The lowest BCUT2D eigenvalue weighted by atomic mass is 10.0. The van der Waals surface area contributed by atoms with E-state index in [0.29, 0.717) is 24.4 Å². The molecule has 1 aromatic heterocycles. The summed E-state index contributed by atoms with van der Waals surface area (Å²) in [6.07, 6.45) is 0.497. The van der Waals surface area contributed by atoms with Crippen LogP contribution in [0.3, 0.4) is 0 Å². The SMILES string of the molecule is Cc1ccc(S(=O)(=O)N2CCc3c(noc3-c3ccc(F)cc3)C2)cc1. The minimum atomic E-state index is -3.58. The number of hydrogen-bond donors (Lipinski definition) is 0. The normalized spacial score (nSPS) is 15.0. The lowest BCUT2D eigenvalue weighted by Crippen LogP contribution is -2.35. The van der Waals surface area contributed by atoms with Crippen LogP contribution in [0.2, 0.25) is 0 Å². The molecule has 0 atom stereocenters. The van der Waals surface area contributed by atoms with Crippen LogP contribution in [0.1, 0.15) is 16.8 Å². The van der Waals surface area contributed by atoms with Crippen LogP contribution in [0, 0.1) is 12.7 Å². The average molecular weight is 372 g/mol. The Labute approximate surface area is 151 Å². The summed E-state index contributed by atoms with van der Waals surface area (Å²) in [5, 5.41) is 4.05. The average Bonchev–Trinajstić information content (AvgIpc) is 3.06. The summed E-state index contributed by atoms with van der Waals surface area (Å²) in [5.74, 6) is 0.255. The summed E-state index contributed by atoms with van der Waals surface area (Å²) in [7, 11) is -3.58. The van der Waals surface area contributed by atoms with E-state index in [1.165, 1.54) is 16.4 Å². The van der Waals surface area contributed by atoms with Gasteiger partial charge in [0, 0.05) is 17.7 Å². The molecule has 134 valence electrons. The highest BCUT2D eigenvalue weighted by atomic mass is 32.2. The van der Waals surface area contributed by atoms with Gasteiger partial charge < -0.3 is 4.52 Å². The van der Waals surface area contributed by atoms with E-state index in [1.807, 2.05) is 6.92 Å². The van der Waals surface area contributed by atoms with Crippen molar-refractivity contribution in [3.8, 4) is 11.3 Å². The first-order valence-electron chi connectivity index (χ1n) is 8.25. The topological polar surface area (TPSA) is 63.4 Å². The van der Waals surface area contributed by atoms with E-state index in [0.717, 1.165) is 16.7 Å². The molecule has 0 amide bonds. The Kier molecular flexibility index (Phi) is 4.13. The minimum Gasteiger partial charge on any atom is -0.356 e. The first kappa shape index (κ1) is 16.9. The number of rotatable bonds is 3. The molecule has 0 fully saturated rings. The Bertz CT molecular complexity index is 1040. The molecule has 0 spiro atoms. The van der Waals surface area contributed by atoms with E-state index in [-0.39, 0.29) is 17.3 Å². The van der Waals surface area contributed by atoms with Crippen molar-refractivity contribution in [2.24, 2.45) is 0 Å². The van der Waals surface area contributed by atoms with Crippen molar-refractivity contribution in [1.29, 1.82) is 0 Å². The van der Waals surface area contributed by atoms with Crippen LogP contribution in [-0.4, -0.2) is 24.4 Å². The highest BCUT2D eigenvalue weighted by molar-refractivity contribution is 7.89. The Morgan fingerprint density at radius 2 is 1.77 bits per heavy atom. The second kappa shape index (κ2) is 6.34. The van der Waals surface area contributed by atoms with Gasteiger partial charge in [-0.3, -0.25) is 0 Å². The third-order valence-electron chi connectivity index (χ3n) is 4.57. The van der Waals surface area contributed by atoms with E-state index in [2.05, 4.69) is 5.16 Å². The van der Waals surface area contributed by atoms with Crippen LogP contribution in [0.4, 0.5) is 4.39 Å². The minimum absolute atomic E-state index is 0.163. The first-order chi connectivity index (χ1) is 12.4. The largest absolute Gasteiger partial charge is 0.356 e. The molecule has 4 rings (SSSR count). The van der Waals surface area contributed by atoms with Crippen LogP contribution in [0.15, 0.2) is 57.9 Å². The third kappa shape index (κ3) is 2.93. The molecule has 0 unspecified atom stereocenters. The summed E-state index contributed by atoms with van der Waals surface area (Å²) < 4.78 is 45.7. The maximum absolute atomic E-state index is 13.1. The van der Waals surface area contributed by atoms with Crippen molar-refractivity contribution in [3.05, 3.63) is 71.2 Å². The summed E-state index contributed by atoms with van der Waals surface area (Å²) in [5.41, 5.74) is 3.22. The van der Waals surface area contributed by atoms with Crippen LogP contribution < -0.4 is 0 Å². The lowest BCUT2D eigenvalue weighted by molar-refractivity contribution is 0.371. The lowest BCUT2D eigenvalue weighted by Gasteiger charge is -2.25. The Hall–Kier alpha value is -2.51. The number of nitrogens with zero attached hydrogens (tertiary/aromatic N) is 2. The second-order valence-electron chi connectivity index (χ2n) is 6.35. The number of aromatic nitrogens is 1. The number of benzene rings is 2. The van der Waals surface area contributed by atoms with Gasteiger partial charge in [0.1, 0.15) is 11.5 Å². The molecular weight excluding hydrogens is 355 g/mol. The van der Waals surface area contributed by atoms with Gasteiger partial charge in [0.25, 0.3) is 0 Å². The zero-order valence-electron chi connectivity index (χ0n) is 14.1. The van der Waals surface area contributed by atoms with Crippen molar-refractivity contribution in [1.82, 2.24) is 9.46 Å². The molecule has 5 nitrogen and oxygen atoms in total. The van der Waals surface area contributed by atoms with Crippen LogP contribution in [-0.2, 0) is 23.0 Å². The fraction of sp³-hybridized carbons (Fsp3) is 0.211. The molecule has 7 heteroatoms. The maximum Gasteiger partial charge on any atom is 0.243 e. The van der Waals surface area contributed by atoms with Crippen molar-refractivity contribution in [2.45, 2.75) is 24.8 Å². The predicted molar refractivity (Wildman–Crippen MR) is 94.4 cm³/mol. The molecule has 0 aliphatic carbocycles. The zero-order chi connectivity index (χ0) is 18.3. The highest BCUT2D eigenvalue weighted by Crippen LogP contribution is 2.32. The van der Waals surface area contributed by atoms with Gasteiger partial charge in [-0.25, -0.2) is 12.8 Å². The van der Waals surface area contributed by atoms with Gasteiger partial charge >= 0.3 is 0 Å². The summed E-state index contributed by atoms with van der Waals surface area (Å²) in [6.45, 7) is 2.42. The molecule has 2 heterocycles. The van der Waals surface area contributed by atoms with Gasteiger partial charge in [0.2, 0.25) is 10.0 Å². The van der Waals surface area contributed by atoms with Crippen molar-refractivity contribution in [3.63, 3.8) is 0 Å². The van der Waals surface area contributed by atoms with Crippen LogP contribution >= 0.6 is 0 Å². The van der Waals surface area contributed by atoms with Gasteiger partial charge in [-0.2, -0.15) is 4.31 Å². The molecule has 3 aromatic rings. The molecule has 0 saturated heterocycles. The smallest absolute Gasteiger partial charge is 0.243 e. The van der Waals surface area contributed by atoms with Gasteiger partial charge in [-0.1, -0.05) is 22.9 Å². The van der Waals surface area contributed by atoms with E-state index in [4.69, 9.17) is 4.52 Å². The van der Waals surface area contributed by atoms with Crippen molar-refractivity contribution >= 4 is 10.0 Å². The molecule has 26 heavy (non-hydrogen) atoms. The Morgan fingerprint density at radius 3 is 2.46 bits per heavy atom. The molecule has 1 aliphatic heterocycles. The fourth-order valence-corrected chi connectivity index (χ4v) is 4.50.